The molecule has 1 saturated heterocycles. The number of hydrogen-bond acceptors (Lipinski definition) is 6. The molecule has 0 unspecified atom stereocenters. The van der Waals surface area contributed by atoms with Gasteiger partial charge >= 0.3 is 0 Å². The van der Waals surface area contributed by atoms with Gasteiger partial charge in [0, 0.05) is 5.56 Å². The Bertz CT molecular complexity index is 1560. The van der Waals surface area contributed by atoms with Crippen LogP contribution in [0.1, 0.15) is 22.3 Å². The van der Waals surface area contributed by atoms with Crippen molar-refractivity contribution < 1.29 is 14.3 Å². The van der Waals surface area contributed by atoms with Crippen molar-refractivity contribution in [2.24, 2.45) is 4.99 Å². The van der Waals surface area contributed by atoms with Crippen LogP contribution in [-0.4, -0.2) is 23.1 Å². The molecule has 0 radical (unpaired) electrons. The van der Waals surface area contributed by atoms with Gasteiger partial charge in [0.05, 0.1) is 35.9 Å². The Morgan fingerprint density at radius 2 is 1.59 bits per heavy atom. The molecule has 0 saturated carbocycles. The molecule has 6 nitrogen and oxygen atoms in total. The van der Waals surface area contributed by atoms with Gasteiger partial charge in [0.1, 0.15) is 18.1 Å². The number of aliphatic imine (C=N–C) groups is 1. The number of benzene rings is 4. The van der Waals surface area contributed by atoms with Gasteiger partial charge in [0.2, 0.25) is 0 Å². The van der Waals surface area contributed by atoms with E-state index < -0.39 is 0 Å². The molecule has 1 amide bonds. The Morgan fingerprint density at radius 1 is 0.897 bits per heavy atom. The normalized spacial score (nSPS) is 15.0. The quantitative estimate of drug-likeness (QED) is 0.230. The van der Waals surface area contributed by atoms with Crippen LogP contribution in [0, 0.1) is 11.3 Å². The summed E-state index contributed by atoms with van der Waals surface area (Å²) in [5, 5.41) is 9.90. The van der Waals surface area contributed by atoms with E-state index in [2.05, 4.69) is 6.07 Å². The summed E-state index contributed by atoms with van der Waals surface area (Å²) in [5.74, 6) is 1.35. The lowest BCUT2D eigenvalue weighted by atomic mass is 10.1. The summed E-state index contributed by atoms with van der Waals surface area (Å²) in [7, 11) is 1.63. The Labute approximate surface area is 231 Å². The molecule has 0 N–H and O–H groups in total. The highest BCUT2D eigenvalue weighted by Gasteiger charge is 2.33. The van der Waals surface area contributed by atoms with Gasteiger partial charge in [-0.05, 0) is 71.4 Å². The van der Waals surface area contributed by atoms with Crippen molar-refractivity contribution in [2.45, 2.75) is 13.2 Å². The van der Waals surface area contributed by atoms with Crippen LogP contribution >= 0.6 is 11.8 Å². The Morgan fingerprint density at radius 3 is 2.31 bits per heavy atom. The minimum absolute atomic E-state index is 0.0982. The van der Waals surface area contributed by atoms with Crippen molar-refractivity contribution in [3.05, 3.63) is 130 Å². The number of para-hydroxylation sites is 1. The predicted octanol–water partition coefficient (Wildman–Crippen LogP) is 6.95. The van der Waals surface area contributed by atoms with Crippen LogP contribution in [0.25, 0.3) is 6.08 Å². The first kappa shape index (κ1) is 25.8. The number of methoxy groups -OCH3 is 1. The molecule has 0 bridgehead atoms. The molecule has 7 heteroatoms. The first-order valence-corrected chi connectivity index (χ1v) is 13.1. The third-order valence-electron chi connectivity index (χ3n) is 6.08. The number of carbonyl (C=O) groups is 1. The van der Waals surface area contributed by atoms with Crippen LogP contribution in [0.2, 0.25) is 0 Å². The average Bonchev–Trinajstić information content (AvgIpc) is 3.26. The minimum Gasteiger partial charge on any atom is -0.497 e. The number of rotatable bonds is 8. The molecule has 4 aromatic rings. The van der Waals surface area contributed by atoms with Crippen molar-refractivity contribution in [3.63, 3.8) is 0 Å². The third kappa shape index (κ3) is 6.38. The third-order valence-corrected chi connectivity index (χ3v) is 7.09. The zero-order chi connectivity index (χ0) is 27.0. The van der Waals surface area contributed by atoms with Gasteiger partial charge in [0.25, 0.3) is 5.91 Å². The van der Waals surface area contributed by atoms with E-state index in [1.165, 1.54) is 11.8 Å². The van der Waals surface area contributed by atoms with Crippen LogP contribution in [0.5, 0.6) is 11.5 Å². The molecule has 192 valence electrons. The number of carbonyl (C=O) groups excluding carboxylic acids is 1. The van der Waals surface area contributed by atoms with Gasteiger partial charge in [-0.2, -0.15) is 5.26 Å². The van der Waals surface area contributed by atoms with Crippen LogP contribution in [0.15, 0.2) is 113 Å². The van der Waals surface area contributed by atoms with Gasteiger partial charge in [-0.3, -0.25) is 9.69 Å². The fourth-order valence-corrected chi connectivity index (χ4v) is 4.98. The summed E-state index contributed by atoms with van der Waals surface area (Å²) in [5.41, 5.74) is 4.07. The zero-order valence-corrected chi connectivity index (χ0v) is 22.1. The lowest BCUT2D eigenvalue weighted by Crippen LogP contribution is -2.28. The summed E-state index contributed by atoms with van der Waals surface area (Å²) >= 11 is 1.36. The number of ether oxygens (including phenoxy) is 2. The summed E-state index contributed by atoms with van der Waals surface area (Å²) in [4.78, 5) is 20.6. The molecular formula is C32H25N3O3S. The SMILES string of the molecule is COc1ccc(CN2C(=O)/C(=C/c3ccc(OCc4ccccc4C#N)cc3)SC2=Nc2ccccc2)cc1. The molecule has 0 spiro atoms. The summed E-state index contributed by atoms with van der Waals surface area (Å²) in [6.07, 6.45) is 1.87. The second-order valence-electron chi connectivity index (χ2n) is 8.71. The first-order chi connectivity index (χ1) is 19.1. The van der Waals surface area contributed by atoms with Gasteiger partial charge in [0.15, 0.2) is 5.17 Å². The molecule has 1 fully saturated rings. The van der Waals surface area contributed by atoms with Crippen molar-refractivity contribution in [2.75, 3.05) is 7.11 Å². The second kappa shape index (κ2) is 12.2. The smallest absolute Gasteiger partial charge is 0.267 e. The van der Waals surface area contributed by atoms with Crippen LogP contribution in [0.3, 0.4) is 0 Å². The highest BCUT2D eigenvalue weighted by Crippen LogP contribution is 2.35. The lowest BCUT2D eigenvalue weighted by Gasteiger charge is -2.16. The van der Waals surface area contributed by atoms with E-state index >= 15 is 0 Å². The number of nitriles is 1. The van der Waals surface area contributed by atoms with E-state index in [0.717, 1.165) is 28.1 Å². The predicted molar refractivity (Wildman–Crippen MR) is 155 cm³/mol. The molecule has 0 atom stereocenters. The van der Waals surface area contributed by atoms with Gasteiger partial charge < -0.3 is 9.47 Å². The van der Waals surface area contributed by atoms with Gasteiger partial charge in [-0.25, -0.2) is 4.99 Å². The molecule has 4 aromatic carbocycles. The largest absolute Gasteiger partial charge is 0.497 e. The van der Waals surface area contributed by atoms with Crippen molar-refractivity contribution in [1.82, 2.24) is 4.90 Å². The van der Waals surface area contributed by atoms with E-state index in [1.54, 1.807) is 18.1 Å². The summed E-state index contributed by atoms with van der Waals surface area (Å²) in [6.45, 7) is 0.702. The number of amides is 1. The van der Waals surface area contributed by atoms with E-state index in [-0.39, 0.29) is 5.91 Å². The Kier molecular flexibility index (Phi) is 8.06. The second-order valence-corrected chi connectivity index (χ2v) is 9.72. The topological polar surface area (TPSA) is 74.9 Å². The number of thioether (sulfide) groups is 1. The maximum atomic E-state index is 13.5. The molecule has 1 aliphatic rings. The lowest BCUT2D eigenvalue weighted by molar-refractivity contribution is -0.122. The standard InChI is InChI=1S/C32H25N3O3S/c1-37-28-15-13-24(14-16-28)21-35-31(36)30(39-32(35)34-27-9-3-2-4-10-27)19-23-11-17-29(18-12-23)38-22-26-8-6-5-7-25(26)20-33/h2-19H,21-22H2,1H3/b30-19-,34-32?. The highest BCUT2D eigenvalue weighted by atomic mass is 32.2. The van der Waals surface area contributed by atoms with E-state index in [0.29, 0.717) is 34.5 Å². The number of nitrogens with zero attached hydrogens (tertiary/aromatic N) is 3. The van der Waals surface area contributed by atoms with E-state index in [9.17, 15) is 10.1 Å². The van der Waals surface area contributed by atoms with E-state index in [1.807, 2.05) is 103 Å². The highest BCUT2D eigenvalue weighted by molar-refractivity contribution is 8.18. The average molecular weight is 532 g/mol. The monoisotopic (exact) mass is 531 g/mol. The maximum Gasteiger partial charge on any atom is 0.267 e. The fraction of sp³-hybridized carbons (Fsp3) is 0.0938. The van der Waals surface area contributed by atoms with Gasteiger partial charge in [-0.15, -0.1) is 0 Å². The maximum absolute atomic E-state index is 13.5. The summed E-state index contributed by atoms with van der Waals surface area (Å²) in [6, 6.07) is 34.4. The zero-order valence-electron chi connectivity index (χ0n) is 21.3. The van der Waals surface area contributed by atoms with Crippen molar-refractivity contribution >= 4 is 34.6 Å². The minimum atomic E-state index is -0.0982. The Hall–Kier alpha value is -4.80. The van der Waals surface area contributed by atoms with E-state index in [4.69, 9.17) is 14.5 Å². The molecule has 5 rings (SSSR count). The van der Waals surface area contributed by atoms with Crippen LogP contribution in [0.4, 0.5) is 5.69 Å². The van der Waals surface area contributed by atoms with Crippen LogP contribution < -0.4 is 9.47 Å². The van der Waals surface area contributed by atoms with Gasteiger partial charge in [-0.1, -0.05) is 60.7 Å². The van der Waals surface area contributed by atoms with Crippen molar-refractivity contribution in [3.8, 4) is 17.6 Å². The molecule has 1 heterocycles. The molecule has 0 aromatic heterocycles. The molecule has 0 aliphatic carbocycles. The molecule has 1 aliphatic heterocycles. The molecule has 39 heavy (non-hydrogen) atoms. The summed E-state index contributed by atoms with van der Waals surface area (Å²) < 4.78 is 11.1. The van der Waals surface area contributed by atoms with Crippen LogP contribution in [-0.2, 0) is 17.9 Å². The van der Waals surface area contributed by atoms with Crippen molar-refractivity contribution in [1.29, 1.82) is 5.26 Å². The first-order valence-electron chi connectivity index (χ1n) is 12.3. The number of hydrogen-bond donors (Lipinski definition) is 0. The number of amidine groups is 1. The fourth-order valence-electron chi connectivity index (χ4n) is 3.99. The Balaban J connectivity index is 1.35. The molecular weight excluding hydrogens is 506 g/mol.